The van der Waals surface area contributed by atoms with E-state index >= 15 is 0 Å². The molecule has 0 saturated heterocycles. The van der Waals surface area contributed by atoms with E-state index in [9.17, 15) is 48.2 Å². The first kappa shape index (κ1) is 31.8. The number of rotatable bonds is 7. The molecule has 2 aromatic rings. The van der Waals surface area contributed by atoms with Gasteiger partial charge >= 0.3 is 5.97 Å². The molecule has 3 aliphatic carbocycles. The number of fused-ring (bicyclic) bond motifs is 3. The van der Waals surface area contributed by atoms with E-state index in [4.69, 9.17) is 5.73 Å². The number of hydrogen-bond donors (Lipinski definition) is 3. The molecular weight excluding hydrogens is 591 g/mol. The number of halogens is 1. The molecule has 2 aromatic carbocycles. The predicted molar refractivity (Wildman–Crippen MR) is 152 cm³/mol. The lowest BCUT2D eigenvalue weighted by molar-refractivity contribution is -0.181. The van der Waals surface area contributed by atoms with Crippen molar-refractivity contribution < 1.29 is 52.9 Å². The first-order valence-electron chi connectivity index (χ1n) is 14.2. The lowest BCUT2D eigenvalue weighted by Crippen LogP contribution is -2.74. The molecule has 0 heterocycles. The highest BCUT2D eigenvalue weighted by molar-refractivity contribution is 6.32. The Morgan fingerprint density at radius 3 is 2.29 bits per heavy atom. The van der Waals surface area contributed by atoms with Crippen molar-refractivity contribution in [2.24, 2.45) is 29.4 Å². The minimum absolute atomic E-state index is 0.00692. The van der Waals surface area contributed by atoms with E-state index in [1.54, 1.807) is 6.07 Å². The monoisotopic (exact) mass is 622 g/mol. The third kappa shape index (κ3) is 4.95. The van der Waals surface area contributed by atoms with Gasteiger partial charge in [0.25, 0.3) is 0 Å². The number of phenols is 1. The first-order chi connectivity index (χ1) is 21.1. The van der Waals surface area contributed by atoms with Gasteiger partial charge < -0.3 is 20.7 Å². The second kappa shape index (κ2) is 11.4. The number of ketones is 5. The fraction of sp³-hybridized carbons (Fsp3) is 0.406. The van der Waals surface area contributed by atoms with E-state index < -0.39 is 94.6 Å². The summed E-state index contributed by atoms with van der Waals surface area (Å²) in [5.74, 6) is -13.2. The molecule has 3 unspecified atom stereocenters. The maximum absolute atomic E-state index is 14.7. The molecular formula is C32H31FN2O10. The van der Waals surface area contributed by atoms with Gasteiger partial charge in [0.2, 0.25) is 11.7 Å². The normalized spacial score (nSPS) is 28.2. The number of nitrogens with zero attached hydrogens (tertiary/aromatic N) is 1. The quantitative estimate of drug-likeness (QED) is 0.290. The van der Waals surface area contributed by atoms with Crippen LogP contribution >= 0.6 is 0 Å². The van der Waals surface area contributed by atoms with E-state index in [2.05, 4.69) is 4.74 Å². The van der Waals surface area contributed by atoms with Gasteiger partial charge in [-0.3, -0.25) is 38.5 Å². The summed E-state index contributed by atoms with van der Waals surface area (Å²) in [6, 6.07) is 7.32. The van der Waals surface area contributed by atoms with Crippen LogP contribution in [0.1, 0.15) is 41.0 Å². The highest BCUT2D eigenvalue weighted by Crippen LogP contribution is 2.51. The molecule has 2 fully saturated rings. The van der Waals surface area contributed by atoms with Crippen molar-refractivity contribution in [1.29, 1.82) is 0 Å². The van der Waals surface area contributed by atoms with Gasteiger partial charge in [-0.15, -0.1) is 0 Å². The molecule has 3 aliphatic rings. The van der Waals surface area contributed by atoms with Gasteiger partial charge in [-0.2, -0.15) is 0 Å². The number of amides is 1. The number of aromatic hydroxyl groups is 1. The van der Waals surface area contributed by atoms with Gasteiger partial charge in [0.15, 0.2) is 47.4 Å². The Kier molecular flexibility index (Phi) is 8.04. The van der Waals surface area contributed by atoms with Crippen LogP contribution in [0, 0.1) is 23.7 Å². The number of alkyl halides is 1. The second-order valence-corrected chi connectivity index (χ2v) is 12.0. The first-order valence-corrected chi connectivity index (χ1v) is 14.2. The van der Waals surface area contributed by atoms with E-state index in [-0.39, 0.29) is 24.0 Å². The number of carbonyl (C=O) groups excluding carboxylic acids is 7. The van der Waals surface area contributed by atoms with Crippen LogP contribution in [0.25, 0.3) is 11.1 Å². The minimum atomic E-state index is -2.82. The number of esters is 1. The molecule has 5 rings (SSSR count). The summed E-state index contributed by atoms with van der Waals surface area (Å²) < 4.78 is 19.3. The van der Waals surface area contributed by atoms with Crippen molar-refractivity contribution in [3.63, 3.8) is 0 Å². The van der Waals surface area contributed by atoms with Gasteiger partial charge in [0, 0.05) is 12.8 Å². The molecule has 0 spiro atoms. The number of benzene rings is 2. The minimum Gasteiger partial charge on any atom is -0.507 e. The molecule has 2 saturated carbocycles. The summed E-state index contributed by atoms with van der Waals surface area (Å²) in [6.45, 7) is 0.371. The topological polar surface area (TPSA) is 198 Å². The highest BCUT2D eigenvalue weighted by atomic mass is 19.1. The van der Waals surface area contributed by atoms with Gasteiger partial charge in [-0.1, -0.05) is 30.3 Å². The Labute approximate surface area is 256 Å². The summed E-state index contributed by atoms with van der Waals surface area (Å²) in [4.78, 5) is 91.1. The van der Waals surface area contributed by atoms with E-state index in [0.29, 0.717) is 16.7 Å². The predicted octanol–water partition coefficient (Wildman–Crippen LogP) is 0.677. The lowest BCUT2D eigenvalue weighted by atomic mass is 9.52. The number of Topliss-reactive ketones (excluding diaryl/α,β-unsaturated/α-hetero) is 5. The van der Waals surface area contributed by atoms with E-state index in [0.717, 1.165) is 6.92 Å². The highest BCUT2D eigenvalue weighted by Gasteiger charge is 2.69. The van der Waals surface area contributed by atoms with Crippen LogP contribution in [0.2, 0.25) is 0 Å². The molecule has 0 aromatic heterocycles. The number of aliphatic hydroxyl groups is 1. The molecule has 7 atom stereocenters. The Morgan fingerprint density at radius 2 is 1.71 bits per heavy atom. The lowest BCUT2D eigenvalue weighted by Gasteiger charge is -2.52. The van der Waals surface area contributed by atoms with Crippen LogP contribution in [-0.4, -0.2) is 88.3 Å². The zero-order valence-corrected chi connectivity index (χ0v) is 24.6. The van der Waals surface area contributed by atoms with E-state index in [1.165, 1.54) is 49.3 Å². The van der Waals surface area contributed by atoms with Crippen LogP contribution < -0.4 is 5.73 Å². The maximum atomic E-state index is 14.7. The summed E-state index contributed by atoms with van der Waals surface area (Å²) in [5, 5.41) is 22.4. The third-order valence-corrected chi connectivity index (χ3v) is 9.16. The summed E-state index contributed by atoms with van der Waals surface area (Å²) >= 11 is 0. The van der Waals surface area contributed by atoms with E-state index in [1.807, 2.05) is 0 Å². The Balaban J connectivity index is 1.53. The SMILES string of the molecule is CC(=O)OCC(=O)C(F)c1ccc(-c2ccc(O)c3c2C[C@H]2C[C@H]4[C@H](N(C)C)C(=O)C(C(N)=O)C(=O)[C@@]4(O)C(=O)C2C3=O)cc1. The Morgan fingerprint density at radius 1 is 1.07 bits per heavy atom. The van der Waals surface area contributed by atoms with Gasteiger partial charge in [-0.05, 0) is 61.2 Å². The largest absolute Gasteiger partial charge is 0.507 e. The average molecular weight is 623 g/mol. The van der Waals surface area contributed by atoms with Crippen molar-refractivity contribution in [1.82, 2.24) is 4.90 Å². The molecule has 4 N–H and O–H groups in total. The molecule has 0 aliphatic heterocycles. The third-order valence-electron chi connectivity index (χ3n) is 9.16. The van der Waals surface area contributed by atoms with Crippen molar-refractivity contribution in [3.05, 3.63) is 53.1 Å². The number of phenolic OH excluding ortho intramolecular Hbond substituents is 1. The summed E-state index contributed by atoms with van der Waals surface area (Å²) in [5.41, 5.74) is 3.69. The van der Waals surface area contributed by atoms with Gasteiger partial charge in [-0.25, -0.2) is 4.39 Å². The second-order valence-electron chi connectivity index (χ2n) is 12.0. The van der Waals surface area contributed by atoms with Crippen LogP contribution in [0.4, 0.5) is 4.39 Å². The average Bonchev–Trinajstić information content (AvgIpc) is 2.97. The van der Waals surface area contributed by atoms with Gasteiger partial charge in [0.1, 0.15) is 5.75 Å². The maximum Gasteiger partial charge on any atom is 0.303 e. The fourth-order valence-electron chi connectivity index (χ4n) is 7.14. The van der Waals surface area contributed by atoms with Crippen LogP contribution in [0.5, 0.6) is 5.75 Å². The molecule has 0 radical (unpaired) electrons. The molecule has 236 valence electrons. The zero-order valence-electron chi connectivity index (χ0n) is 24.6. The molecule has 12 nitrogen and oxygen atoms in total. The Hall–Kier alpha value is -4.62. The number of likely N-dealkylation sites (N-methyl/N-ethyl adjacent to an activating group) is 1. The van der Waals surface area contributed by atoms with Crippen molar-refractivity contribution in [2.75, 3.05) is 20.7 Å². The Bertz CT molecular complexity index is 1670. The molecule has 0 bridgehead atoms. The van der Waals surface area contributed by atoms with Crippen LogP contribution in [0.3, 0.4) is 0 Å². The van der Waals surface area contributed by atoms with Crippen molar-refractivity contribution in [3.8, 4) is 16.9 Å². The zero-order chi connectivity index (χ0) is 33.1. The van der Waals surface area contributed by atoms with Crippen molar-refractivity contribution >= 4 is 40.8 Å². The number of carbonyl (C=O) groups is 7. The number of ether oxygens (including phenoxy) is 1. The molecule has 13 heteroatoms. The number of hydrogen-bond acceptors (Lipinski definition) is 11. The smallest absolute Gasteiger partial charge is 0.303 e. The summed E-state index contributed by atoms with van der Waals surface area (Å²) in [6.07, 6.45) is -2.11. The fourth-order valence-corrected chi connectivity index (χ4v) is 7.14. The number of nitrogens with two attached hydrogens (primary N) is 1. The molecule has 45 heavy (non-hydrogen) atoms. The summed E-state index contributed by atoms with van der Waals surface area (Å²) in [7, 11) is 3.00. The van der Waals surface area contributed by atoms with Crippen LogP contribution in [-0.2, 0) is 39.9 Å². The number of primary amides is 1. The molecule has 1 amide bonds. The van der Waals surface area contributed by atoms with Crippen LogP contribution in [0.15, 0.2) is 36.4 Å². The van der Waals surface area contributed by atoms with Gasteiger partial charge in [0.05, 0.1) is 17.5 Å². The standard InChI is InChI=1S/C32H31FN2O10/c1-13(36)45-12-21(38)25(33)15-6-4-14(5-7-15)17-8-9-20(37)23-18(17)10-16-11-19-26(35(2)3)28(40)24(31(34)43)30(42)32(19,44)29(41)22(16)27(23)39/h4-9,16,19,22,24-26,37,44H,10-12H2,1-3H3,(H2,34,43)/t16-,19-,22?,24?,25?,26-,32-/m0/s1. The van der Waals surface area contributed by atoms with Crippen molar-refractivity contribution in [2.45, 2.75) is 37.6 Å².